The standard InChI is InChI=1S/C12H20N4O/c1-12(2,3)16-7-8(6-14-16)11-9(13)5-10(17)15(11)4/h6-7,9,11H,5,13H2,1-4H3/t9-,11+/m0/s1. The molecule has 1 aliphatic heterocycles. The highest BCUT2D eigenvalue weighted by Gasteiger charge is 2.37. The summed E-state index contributed by atoms with van der Waals surface area (Å²) in [5, 5.41) is 4.35. The van der Waals surface area contributed by atoms with E-state index in [4.69, 9.17) is 5.73 Å². The molecule has 0 radical (unpaired) electrons. The number of carbonyl (C=O) groups is 1. The fourth-order valence-corrected chi connectivity index (χ4v) is 2.23. The van der Waals surface area contributed by atoms with Crippen LogP contribution in [0, 0.1) is 0 Å². The maximum atomic E-state index is 11.6. The lowest BCUT2D eigenvalue weighted by molar-refractivity contribution is -0.127. The number of nitrogens with two attached hydrogens (primary N) is 1. The Morgan fingerprint density at radius 2 is 2.12 bits per heavy atom. The lowest BCUT2D eigenvalue weighted by Gasteiger charge is -2.22. The van der Waals surface area contributed by atoms with E-state index in [0.29, 0.717) is 6.42 Å². The maximum Gasteiger partial charge on any atom is 0.224 e. The average Bonchev–Trinajstić information content (AvgIpc) is 2.73. The first-order valence-corrected chi connectivity index (χ1v) is 5.87. The van der Waals surface area contributed by atoms with Gasteiger partial charge in [-0.15, -0.1) is 0 Å². The lowest BCUT2D eigenvalue weighted by Crippen LogP contribution is -2.30. The zero-order valence-corrected chi connectivity index (χ0v) is 10.8. The molecule has 1 fully saturated rings. The Bertz CT molecular complexity index is 432. The van der Waals surface area contributed by atoms with Crippen molar-refractivity contribution in [3.05, 3.63) is 18.0 Å². The van der Waals surface area contributed by atoms with Crippen LogP contribution in [-0.2, 0) is 10.3 Å². The molecule has 1 aromatic rings. The number of hydrogen-bond donors (Lipinski definition) is 1. The highest BCUT2D eigenvalue weighted by molar-refractivity contribution is 5.80. The van der Waals surface area contributed by atoms with Crippen molar-refractivity contribution in [2.75, 3.05) is 7.05 Å². The van der Waals surface area contributed by atoms with Gasteiger partial charge in [-0.25, -0.2) is 0 Å². The van der Waals surface area contributed by atoms with Gasteiger partial charge in [0.05, 0.1) is 17.8 Å². The highest BCUT2D eigenvalue weighted by atomic mass is 16.2. The van der Waals surface area contributed by atoms with Crippen LogP contribution >= 0.6 is 0 Å². The van der Waals surface area contributed by atoms with Gasteiger partial charge in [-0.3, -0.25) is 9.48 Å². The molecule has 0 aliphatic carbocycles. The highest BCUT2D eigenvalue weighted by Crippen LogP contribution is 2.30. The number of carbonyl (C=O) groups excluding carboxylic acids is 1. The molecule has 0 aromatic carbocycles. The van der Waals surface area contributed by atoms with Crippen molar-refractivity contribution in [3.63, 3.8) is 0 Å². The van der Waals surface area contributed by atoms with Crippen molar-refractivity contribution in [1.82, 2.24) is 14.7 Å². The molecule has 0 bridgehead atoms. The molecule has 1 saturated heterocycles. The van der Waals surface area contributed by atoms with Gasteiger partial charge in [0.15, 0.2) is 0 Å². The monoisotopic (exact) mass is 236 g/mol. The summed E-state index contributed by atoms with van der Waals surface area (Å²) in [6.07, 6.45) is 4.21. The van der Waals surface area contributed by atoms with E-state index in [-0.39, 0.29) is 23.5 Å². The predicted molar refractivity (Wildman–Crippen MR) is 65.3 cm³/mol. The van der Waals surface area contributed by atoms with Gasteiger partial charge in [-0.05, 0) is 20.8 Å². The summed E-state index contributed by atoms with van der Waals surface area (Å²) in [7, 11) is 1.80. The third kappa shape index (κ3) is 2.07. The quantitative estimate of drug-likeness (QED) is 0.787. The zero-order chi connectivity index (χ0) is 12.8. The summed E-state index contributed by atoms with van der Waals surface area (Å²) in [6, 6.07) is -0.177. The van der Waals surface area contributed by atoms with Gasteiger partial charge in [0, 0.05) is 31.3 Å². The topological polar surface area (TPSA) is 64.2 Å². The fraction of sp³-hybridized carbons (Fsp3) is 0.667. The Morgan fingerprint density at radius 3 is 2.53 bits per heavy atom. The zero-order valence-electron chi connectivity index (χ0n) is 10.8. The fourth-order valence-electron chi connectivity index (χ4n) is 2.23. The van der Waals surface area contributed by atoms with Crippen LogP contribution < -0.4 is 5.73 Å². The molecule has 1 aromatic heterocycles. The van der Waals surface area contributed by atoms with Crippen LogP contribution in [0.15, 0.2) is 12.4 Å². The van der Waals surface area contributed by atoms with Gasteiger partial charge in [0.1, 0.15) is 0 Å². The van der Waals surface area contributed by atoms with E-state index in [1.54, 1.807) is 11.9 Å². The van der Waals surface area contributed by atoms with Gasteiger partial charge in [-0.1, -0.05) is 0 Å². The first-order valence-electron chi connectivity index (χ1n) is 5.87. The summed E-state index contributed by atoms with van der Waals surface area (Å²) >= 11 is 0. The number of rotatable bonds is 1. The van der Waals surface area contributed by atoms with Crippen LogP contribution in [0.5, 0.6) is 0 Å². The van der Waals surface area contributed by atoms with E-state index in [1.807, 2.05) is 17.1 Å². The first kappa shape index (κ1) is 12.1. The van der Waals surface area contributed by atoms with E-state index < -0.39 is 0 Å². The van der Waals surface area contributed by atoms with Gasteiger partial charge >= 0.3 is 0 Å². The molecule has 2 atom stereocenters. The second-order valence-electron chi connectivity index (χ2n) is 5.71. The van der Waals surface area contributed by atoms with Crippen LogP contribution in [0.3, 0.4) is 0 Å². The van der Waals surface area contributed by atoms with Gasteiger partial charge in [0.25, 0.3) is 0 Å². The molecule has 17 heavy (non-hydrogen) atoms. The van der Waals surface area contributed by atoms with Crippen molar-refractivity contribution in [3.8, 4) is 0 Å². The molecule has 1 amide bonds. The van der Waals surface area contributed by atoms with Crippen LogP contribution in [0.25, 0.3) is 0 Å². The maximum absolute atomic E-state index is 11.6. The smallest absolute Gasteiger partial charge is 0.224 e. The third-order valence-corrected chi connectivity index (χ3v) is 3.26. The molecule has 2 heterocycles. The Balaban J connectivity index is 2.29. The van der Waals surface area contributed by atoms with E-state index in [2.05, 4.69) is 25.9 Å². The Kier molecular flexibility index (Phi) is 2.73. The van der Waals surface area contributed by atoms with Crippen molar-refractivity contribution in [2.24, 2.45) is 5.73 Å². The molecule has 5 heteroatoms. The van der Waals surface area contributed by atoms with Crippen molar-refractivity contribution < 1.29 is 4.79 Å². The second kappa shape index (κ2) is 3.84. The van der Waals surface area contributed by atoms with Gasteiger partial charge < -0.3 is 10.6 Å². The van der Waals surface area contributed by atoms with E-state index >= 15 is 0 Å². The number of likely N-dealkylation sites (tertiary alicyclic amines) is 1. The molecular weight excluding hydrogens is 216 g/mol. The SMILES string of the molecule is CN1C(=O)C[C@H](N)[C@H]1c1cnn(C(C)(C)C)c1. The lowest BCUT2D eigenvalue weighted by atomic mass is 10.0. The molecular formula is C12H20N4O. The molecule has 2 rings (SSSR count). The molecule has 0 spiro atoms. The number of amides is 1. The summed E-state index contributed by atoms with van der Waals surface area (Å²) in [5.41, 5.74) is 6.97. The molecule has 0 saturated carbocycles. The van der Waals surface area contributed by atoms with Crippen molar-refractivity contribution in [1.29, 1.82) is 0 Å². The summed E-state index contributed by atoms with van der Waals surface area (Å²) in [6.45, 7) is 6.27. The minimum Gasteiger partial charge on any atom is -0.337 e. The average molecular weight is 236 g/mol. The van der Waals surface area contributed by atoms with Crippen LogP contribution in [0.1, 0.15) is 38.8 Å². The number of nitrogens with zero attached hydrogens (tertiary/aromatic N) is 3. The number of hydrogen-bond acceptors (Lipinski definition) is 3. The molecule has 1 aliphatic rings. The van der Waals surface area contributed by atoms with Crippen molar-refractivity contribution >= 4 is 5.91 Å². The number of aromatic nitrogens is 2. The molecule has 2 N–H and O–H groups in total. The second-order valence-corrected chi connectivity index (χ2v) is 5.71. The first-order chi connectivity index (χ1) is 7.80. The summed E-state index contributed by atoms with van der Waals surface area (Å²) in [4.78, 5) is 13.3. The Labute approximate surface area is 102 Å². The van der Waals surface area contributed by atoms with E-state index in [1.165, 1.54) is 0 Å². The summed E-state index contributed by atoms with van der Waals surface area (Å²) in [5.74, 6) is 0.103. The normalized spacial score (nSPS) is 25.7. The summed E-state index contributed by atoms with van der Waals surface area (Å²) < 4.78 is 1.91. The van der Waals surface area contributed by atoms with Gasteiger partial charge in [-0.2, -0.15) is 5.10 Å². The van der Waals surface area contributed by atoms with Crippen LogP contribution in [0.2, 0.25) is 0 Å². The third-order valence-electron chi connectivity index (χ3n) is 3.26. The minimum absolute atomic E-state index is 0.0430. The van der Waals surface area contributed by atoms with Crippen LogP contribution in [0.4, 0.5) is 0 Å². The van der Waals surface area contributed by atoms with Gasteiger partial charge in [0.2, 0.25) is 5.91 Å². The van der Waals surface area contributed by atoms with Crippen molar-refractivity contribution in [2.45, 2.75) is 44.8 Å². The van der Waals surface area contributed by atoms with E-state index in [9.17, 15) is 4.79 Å². The Hall–Kier alpha value is -1.36. The minimum atomic E-state index is -0.134. The van der Waals surface area contributed by atoms with E-state index in [0.717, 1.165) is 5.56 Å². The number of likely N-dealkylation sites (N-methyl/N-ethyl adjacent to an activating group) is 1. The predicted octanol–water partition coefficient (Wildman–Crippen LogP) is 0.869. The largest absolute Gasteiger partial charge is 0.337 e. The molecule has 0 unspecified atom stereocenters. The Morgan fingerprint density at radius 1 is 1.47 bits per heavy atom. The molecule has 5 nitrogen and oxygen atoms in total. The van der Waals surface area contributed by atoms with Crippen LogP contribution in [-0.4, -0.2) is 33.7 Å². The molecule has 94 valence electrons.